The van der Waals surface area contributed by atoms with E-state index in [0.717, 1.165) is 55.7 Å². The summed E-state index contributed by atoms with van der Waals surface area (Å²) in [4.78, 5) is 2.32. The van der Waals surface area contributed by atoms with E-state index in [-0.39, 0.29) is 0 Å². The molecule has 0 N–H and O–H groups in total. The van der Waals surface area contributed by atoms with Gasteiger partial charge in [-0.05, 0) is 98.2 Å². The number of hydrogen-bond acceptors (Lipinski definition) is 2. The van der Waals surface area contributed by atoms with Gasteiger partial charge in [0, 0.05) is 27.7 Å². The smallest absolute Gasteiger partial charge is 0.159 e. The lowest BCUT2D eigenvalue weighted by Gasteiger charge is -2.26. The second-order valence-electron chi connectivity index (χ2n) is 13.7. The number of benzene rings is 9. The van der Waals surface area contributed by atoms with Gasteiger partial charge in [0.05, 0.1) is 5.69 Å². The summed E-state index contributed by atoms with van der Waals surface area (Å²) in [6.07, 6.45) is 0. The molecule has 2 nitrogen and oxygen atoms in total. The number of rotatable bonds is 7. The van der Waals surface area contributed by atoms with E-state index in [4.69, 9.17) is 4.42 Å². The number of anilines is 3. The summed E-state index contributed by atoms with van der Waals surface area (Å²) >= 11 is 0. The molecule has 54 heavy (non-hydrogen) atoms. The van der Waals surface area contributed by atoms with Crippen LogP contribution in [0, 0.1) is 0 Å². The minimum Gasteiger partial charge on any atom is -0.453 e. The van der Waals surface area contributed by atoms with Gasteiger partial charge in [-0.15, -0.1) is 0 Å². The van der Waals surface area contributed by atoms with E-state index in [0.29, 0.717) is 0 Å². The fourth-order valence-electron chi connectivity index (χ4n) is 7.72. The van der Waals surface area contributed by atoms with Gasteiger partial charge < -0.3 is 9.32 Å². The Morgan fingerprint density at radius 1 is 0.296 bits per heavy atom. The van der Waals surface area contributed by atoms with Gasteiger partial charge in [-0.3, -0.25) is 0 Å². The molecule has 0 unspecified atom stereocenters. The Kier molecular flexibility index (Phi) is 7.85. The van der Waals surface area contributed by atoms with Crippen LogP contribution in [0.3, 0.4) is 0 Å². The molecule has 0 aliphatic rings. The third-order valence-corrected chi connectivity index (χ3v) is 10.5. The fraction of sp³-hybridized carbons (Fsp3) is 0. The summed E-state index contributed by atoms with van der Waals surface area (Å²) in [6.45, 7) is 0. The van der Waals surface area contributed by atoms with Gasteiger partial charge in [-0.25, -0.2) is 0 Å². The van der Waals surface area contributed by atoms with E-state index >= 15 is 0 Å². The Bertz CT molecular complexity index is 2810. The van der Waals surface area contributed by atoms with Crippen LogP contribution in [0.2, 0.25) is 0 Å². The van der Waals surface area contributed by atoms with E-state index < -0.39 is 0 Å². The molecule has 0 atom stereocenters. The predicted octanol–water partition coefficient (Wildman–Crippen LogP) is 14.9. The molecule has 0 fully saturated rings. The van der Waals surface area contributed by atoms with Gasteiger partial charge in [0.2, 0.25) is 0 Å². The van der Waals surface area contributed by atoms with Crippen LogP contribution in [0.25, 0.3) is 77.2 Å². The topological polar surface area (TPSA) is 16.4 Å². The average molecular weight is 690 g/mol. The average Bonchev–Trinajstić information content (AvgIpc) is 3.64. The van der Waals surface area contributed by atoms with Gasteiger partial charge in [-0.1, -0.05) is 164 Å². The van der Waals surface area contributed by atoms with Crippen molar-refractivity contribution in [2.75, 3.05) is 4.90 Å². The zero-order valence-corrected chi connectivity index (χ0v) is 29.6. The number of furan rings is 1. The van der Waals surface area contributed by atoms with Crippen LogP contribution in [-0.2, 0) is 0 Å². The van der Waals surface area contributed by atoms with Crippen LogP contribution >= 0.6 is 0 Å². The molecule has 10 aromatic rings. The normalized spacial score (nSPS) is 11.3. The van der Waals surface area contributed by atoms with E-state index in [9.17, 15) is 0 Å². The molecule has 0 amide bonds. The lowest BCUT2D eigenvalue weighted by Crippen LogP contribution is -2.10. The summed E-state index contributed by atoms with van der Waals surface area (Å²) in [5.74, 6) is 0. The van der Waals surface area contributed by atoms with Crippen molar-refractivity contribution in [2.45, 2.75) is 0 Å². The third-order valence-electron chi connectivity index (χ3n) is 10.5. The van der Waals surface area contributed by atoms with E-state index in [2.05, 4.69) is 217 Å². The first kappa shape index (κ1) is 31.6. The highest BCUT2D eigenvalue weighted by Gasteiger charge is 2.22. The molecule has 1 heterocycles. The first-order chi connectivity index (χ1) is 26.8. The maximum absolute atomic E-state index is 7.14. The van der Waals surface area contributed by atoms with Crippen molar-refractivity contribution in [2.24, 2.45) is 0 Å². The van der Waals surface area contributed by atoms with Crippen LogP contribution in [0.4, 0.5) is 17.1 Å². The lowest BCUT2D eigenvalue weighted by atomic mass is 9.94. The number of para-hydroxylation sites is 1. The van der Waals surface area contributed by atoms with Gasteiger partial charge in [0.25, 0.3) is 0 Å². The standard InChI is InChI=1S/C52H35NO/c1-4-13-36(14-5-1)40-25-29-45(30-26-40)53(46-31-27-41(28-32-46)37-15-6-2-7-16-37)50-22-12-21-47-49-35-44(38-17-8-3-9-18-38)34-48(51(49)54-52(47)50)43-24-23-39-19-10-11-20-42(39)33-43/h1-35H. The molecule has 0 radical (unpaired) electrons. The molecule has 0 aliphatic heterocycles. The van der Waals surface area contributed by atoms with Crippen molar-refractivity contribution in [3.8, 4) is 44.5 Å². The quantitative estimate of drug-likeness (QED) is 0.166. The Morgan fingerprint density at radius 3 is 1.39 bits per heavy atom. The molecule has 10 rings (SSSR count). The van der Waals surface area contributed by atoms with Crippen molar-refractivity contribution in [1.29, 1.82) is 0 Å². The Balaban J connectivity index is 1.19. The van der Waals surface area contributed by atoms with Crippen molar-refractivity contribution in [1.82, 2.24) is 0 Å². The molecule has 9 aromatic carbocycles. The Hall–Kier alpha value is -7.16. The molecule has 254 valence electrons. The summed E-state index contributed by atoms with van der Waals surface area (Å²) in [5, 5.41) is 4.59. The Morgan fingerprint density at radius 2 is 0.796 bits per heavy atom. The van der Waals surface area contributed by atoms with Crippen molar-refractivity contribution in [3.05, 3.63) is 212 Å². The SMILES string of the molecule is c1ccc(-c2ccc(N(c3ccc(-c4ccccc4)cc3)c3cccc4c3oc3c(-c5ccc6ccccc6c5)cc(-c5ccccc5)cc34)cc2)cc1. The highest BCUT2D eigenvalue weighted by atomic mass is 16.3. The summed E-state index contributed by atoms with van der Waals surface area (Å²) in [7, 11) is 0. The molecule has 0 spiro atoms. The molecule has 0 saturated carbocycles. The molecular weight excluding hydrogens is 655 g/mol. The van der Waals surface area contributed by atoms with E-state index in [1.54, 1.807) is 0 Å². The van der Waals surface area contributed by atoms with Crippen LogP contribution in [0.5, 0.6) is 0 Å². The van der Waals surface area contributed by atoms with Gasteiger partial charge in [0.1, 0.15) is 5.58 Å². The first-order valence-corrected chi connectivity index (χ1v) is 18.4. The van der Waals surface area contributed by atoms with Gasteiger partial charge in [-0.2, -0.15) is 0 Å². The Labute approximate surface area is 314 Å². The summed E-state index contributed by atoms with van der Waals surface area (Å²) < 4.78 is 7.14. The molecule has 1 aromatic heterocycles. The van der Waals surface area contributed by atoms with Crippen LogP contribution in [-0.4, -0.2) is 0 Å². The van der Waals surface area contributed by atoms with Crippen molar-refractivity contribution >= 4 is 49.8 Å². The van der Waals surface area contributed by atoms with Crippen LogP contribution in [0.15, 0.2) is 217 Å². The van der Waals surface area contributed by atoms with Gasteiger partial charge >= 0.3 is 0 Å². The second-order valence-corrected chi connectivity index (χ2v) is 13.7. The molecule has 0 saturated heterocycles. The number of nitrogens with zero attached hydrogens (tertiary/aromatic N) is 1. The largest absolute Gasteiger partial charge is 0.453 e. The zero-order chi connectivity index (χ0) is 35.8. The van der Waals surface area contributed by atoms with Crippen LogP contribution in [0.1, 0.15) is 0 Å². The molecular formula is C52H35NO. The maximum atomic E-state index is 7.14. The number of fused-ring (bicyclic) bond motifs is 4. The molecule has 2 heteroatoms. The highest BCUT2D eigenvalue weighted by Crippen LogP contribution is 2.46. The van der Waals surface area contributed by atoms with Crippen molar-refractivity contribution in [3.63, 3.8) is 0 Å². The van der Waals surface area contributed by atoms with E-state index in [1.807, 2.05) is 0 Å². The highest BCUT2D eigenvalue weighted by molar-refractivity contribution is 6.15. The predicted molar refractivity (Wildman–Crippen MR) is 228 cm³/mol. The third kappa shape index (κ3) is 5.71. The minimum atomic E-state index is 0.846. The van der Waals surface area contributed by atoms with Gasteiger partial charge in [0.15, 0.2) is 5.58 Å². The number of hydrogen-bond donors (Lipinski definition) is 0. The molecule has 0 bridgehead atoms. The summed E-state index contributed by atoms with van der Waals surface area (Å²) in [6, 6.07) is 75.7. The monoisotopic (exact) mass is 689 g/mol. The maximum Gasteiger partial charge on any atom is 0.159 e. The zero-order valence-electron chi connectivity index (χ0n) is 29.6. The summed E-state index contributed by atoms with van der Waals surface area (Å²) in [5.41, 5.74) is 14.1. The van der Waals surface area contributed by atoms with Crippen LogP contribution < -0.4 is 4.90 Å². The van der Waals surface area contributed by atoms with Crippen molar-refractivity contribution < 1.29 is 4.42 Å². The first-order valence-electron chi connectivity index (χ1n) is 18.4. The van der Waals surface area contributed by atoms with E-state index in [1.165, 1.54) is 38.6 Å². The lowest BCUT2D eigenvalue weighted by molar-refractivity contribution is 0.670. The second kappa shape index (κ2) is 13.4. The molecule has 0 aliphatic carbocycles. The minimum absolute atomic E-state index is 0.846. The fourth-order valence-corrected chi connectivity index (χ4v) is 7.72.